The molecule has 0 saturated carbocycles. The van der Waals surface area contributed by atoms with Gasteiger partial charge in [0, 0.05) is 27.4 Å². The van der Waals surface area contributed by atoms with Crippen molar-refractivity contribution in [2.75, 3.05) is 22.6 Å². The molecule has 20 heavy (non-hydrogen) atoms. The lowest BCUT2D eigenvalue weighted by Gasteiger charge is -2.20. The second kappa shape index (κ2) is 6.62. The number of thioether (sulfide) groups is 2. The number of nitrogens with one attached hydrogen (secondary N) is 1. The van der Waals surface area contributed by atoms with Gasteiger partial charge in [-0.3, -0.25) is 4.79 Å². The summed E-state index contributed by atoms with van der Waals surface area (Å²) in [5.74, 6) is 2.35. The minimum atomic E-state index is -4.45. The SMILES string of the molecule is O=C(Nc1ccc(Br)c(C(F)(F)F)c1)C1CSCCS1. The van der Waals surface area contributed by atoms with E-state index in [9.17, 15) is 18.0 Å². The summed E-state index contributed by atoms with van der Waals surface area (Å²) in [5, 5.41) is 2.36. The number of anilines is 1. The molecule has 1 saturated heterocycles. The van der Waals surface area contributed by atoms with Crippen molar-refractivity contribution >= 4 is 51.0 Å². The van der Waals surface area contributed by atoms with Crippen molar-refractivity contribution in [2.45, 2.75) is 11.4 Å². The van der Waals surface area contributed by atoms with Crippen LogP contribution in [0.3, 0.4) is 0 Å². The van der Waals surface area contributed by atoms with Gasteiger partial charge in [-0.25, -0.2) is 0 Å². The molecular weight excluding hydrogens is 375 g/mol. The third-order valence-electron chi connectivity index (χ3n) is 2.65. The van der Waals surface area contributed by atoms with Crippen LogP contribution in [-0.2, 0) is 11.0 Å². The largest absolute Gasteiger partial charge is 0.417 e. The van der Waals surface area contributed by atoms with Crippen LogP contribution in [0.25, 0.3) is 0 Å². The van der Waals surface area contributed by atoms with Crippen LogP contribution >= 0.6 is 39.5 Å². The number of benzene rings is 1. The van der Waals surface area contributed by atoms with Gasteiger partial charge in [0.25, 0.3) is 0 Å². The van der Waals surface area contributed by atoms with E-state index in [0.717, 1.165) is 17.6 Å². The Kier molecular flexibility index (Phi) is 5.30. The molecule has 1 aliphatic rings. The van der Waals surface area contributed by atoms with Crippen molar-refractivity contribution in [1.82, 2.24) is 0 Å². The van der Waals surface area contributed by atoms with Crippen molar-refractivity contribution in [3.63, 3.8) is 0 Å². The summed E-state index contributed by atoms with van der Waals surface area (Å²) < 4.78 is 38.3. The number of carbonyl (C=O) groups is 1. The molecule has 8 heteroatoms. The fourth-order valence-electron chi connectivity index (χ4n) is 1.68. The minimum absolute atomic E-state index is 0.0365. The maximum Gasteiger partial charge on any atom is 0.417 e. The molecular formula is C12H11BrF3NOS2. The van der Waals surface area contributed by atoms with Crippen LogP contribution in [0.1, 0.15) is 5.56 Å². The van der Waals surface area contributed by atoms with Crippen LogP contribution in [0.5, 0.6) is 0 Å². The minimum Gasteiger partial charge on any atom is -0.325 e. The lowest BCUT2D eigenvalue weighted by Crippen LogP contribution is -2.30. The highest BCUT2D eigenvalue weighted by Gasteiger charge is 2.33. The molecule has 1 amide bonds. The number of halogens is 4. The van der Waals surface area contributed by atoms with Gasteiger partial charge >= 0.3 is 6.18 Å². The van der Waals surface area contributed by atoms with E-state index >= 15 is 0 Å². The lowest BCUT2D eigenvalue weighted by atomic mass is 10.2. The molecule has 0 aliphatic carbocycles. The lowest BCUT2D eigenvalue weighted by molar-refractivity contribution is -0.138. The zero-order valence-corrected chi connectivity index (χ0v) is 13.4. The number of amides is 1. The molecule has 1 atom stereocenters. The van der Waals surface area contributed by atoms with Crippen LogP contribution < -0.4 is 5.32 Å². The number of hydrogen-bond donors (Lipinski definition) is 1. The van der Waals surface area contributed by atoms with Gasteiger partial charge in [0.1, 0.15) is 0 Å². The van der Waals surface area contributed by atoms with Crippen molar-refractivity contribution < 1.29 is 18.0 Å². The summed E-state index contributed by atoms with van der Waals surface area (Å²) in [7, 11) is 0. The van der Waals surface area contributed by atoms with Crippen molar-refractivity contribution in [2.24, 2.45) is 0 Å². The van der Waals surface area contributed by atoms with Gasteiger partial charge in [0.2, 0.25) is 5.91 Å². The Bertz CT molecular complexity index is 504. The Morgan fingerprint density at radius 1 is 1.35 bits per heavy atom. The molecule has 2 rings (SSSR count). The second-order valence-electron chi connectivity index (χ2n) is 4.12. The van der Waals surface area contributed by atoms with Crippen molar-refractivity contribution in [3.8, 4) is 0 Å². The van der Waals surface area contributed by atoms with Crippen LogP contribution in [0, 0.1) is 0 Å². The van der Waals surface area contributed by atoms with E-state index < -0.39 is 11.7 Å². The highest BCUT2D eigenvalue weighted by molar-refractivity contribution is 9.10. The predicted octanol–water partition coefficient (Wildman–Crippen LogP) is 4.26. The van der Waals surface area contributed by atoms with Crippen LogP contribution in [0.15, 0.2) is 22.7 Å². The van der Waals surface area contributed by atoms with Gasteiger partial charge in [-0.1, -0.05) is 15.9 Å². The van der Waals surface area contributed by atoms with Gasteiger partial charge in [0.05, 0.1) is 10.8 Å². The molecule has 0 radical (unpaired) electrons. The molecule has 0 bridgehead atoms. The Morgan fingerprint density at radius 2 is 2.10 bits per heavy atom. The number of rotatable bonds is 2. The number of alkyl halides is 3. The average Bonchev–Trinajstić information content (AvgIpc) is 2.40. The van der Waals surface area contributed by atoms with Crippen LogP contribution in [0.2, 0.25) is 0 Å². The second-order valence-corrected chi connectivity index (χ2v) is 7.43. The zero-order valence-electron chi connectivity index (χ0n) is 10.2. The predicted molar refractivity (Wildman–Crippen MR) is 81.3 cm³/mol. The first-order valence-corrected chi connectivity index (χ1v) is 8.74. The molecule has 1 aromatic carbocycles. The molecule has 110 valence electrons. The summed E-state index contributed by atoms with van der Waals surface area (Å²) in [6, 6.07) is 3.70. The number of carbonyl (C=O) groups excluding carboxylic acids is 1. The Hall–Kier alpha value is -0.340. The summed E-state index contributed by atoms with van der Waals surface area (Å²) in [5.41, 5.74) is -0.623. The van der Waals surface area contributed by atoms with E-state index in [0.29, 0.717) is 5.75 Å². The first-order valence-electron chi connectivity index (χ1n) is 5.75. The highest BCUT2D eigenvalue weighted by Crippen LogP contribution is 2.36. The quantitative estimate of drug-likeness (QED) is 0.824. The fraction of sp³-hybridized carbons (Fsp3) is 0.417. The van der Waals surface area contributed by atoms with Gasteiger partial charge in [-0.2, -0.15) is 24.9 Å². The Balaban J connectivity index is 2.11. The van der Waals surface area contributed by atoms with E-state index in [-0.39, 0.29) is 21.3 Å². The molecule has 1 aliphatic heterocycles. The topological polar surface area (TPSA) is 29.1 Å². The van der Waals surface area contributed by atoms with Crippen molar-refractivity contribution in [3.05, 3.63) is 28.2 Å². The molecule has 1 unspecified atom stereocenters. The van der Waals surface area contributed by atoms with E-state index in [2.05, 4.69) is 21.2 Å². The molecule has 1 fully saturated rings. The zero-order chi connectivity index (χ0) is 14.8. The number of hydrogen-bond acceptors (Lipinski definition) is 3. The molecule has 1 heterocycles. The summed E-state index contributed by atoms with van der Waals surface area (Å²) in [6.45, 7) is 0. The van der Waals surface area contributed by atoms with E-state index in [1.807, 2.05) is 0 Å². The van der Waals surface area contributed by atoms with Crippen LogP contribution in [0.4, 0.5) is 18.9 Å². The smallest absolute Gasteiger partial charge is 0.325 e. The summed E-state index contributed by atoms with van der Waals surface area (Å²) >= 11 is 6.09. The molecule has 0 aromatic heterocycles. The highest BCUT2D eigenvalue weighted by atomic mass is 79.9. The fourth-order valence-corrected chi connectivity index (χ4v) is 4.71. The first kappa shape index (κ1) is 16.0. The summed E-state index contributed by atoms with van der Waals surface area (Å²) in [4.78, 5) is 12.0. The van der Waals surface area contributed by atoms with E-state index in [1.165, 1.54) is 23.9 Å². The van der Waals surface area contributed by atoms with Gasteiger partial charge in [-0.05, 0) is 18.2 Å². The van der Waals surface area contributed by atoms with Gasteiger partial charge < -0.3 is 5.32 Å². The molecule has 2 nitrogen and oxygen atoms in total. The molecule has 0 spiro atoms. The van der Waals surface area contributed by atoms with Gasteiger partial charge in [-0.15, -0.1) is 11.8 Å². The normalized spacial score (nSPS) is 19.7. The van der Waals surface area contributed by atoms with E-state index in [4.69, 9.17) is 0 Å². The third kappa shape index (κ3) is 4.08. The van der Waals surface area contributed by atoms with E-state index in [1.54, 1.807) is 11.8 Å². The summed E-state index contributed by atoms with van der Waals surface area (Å²) in [6.07, 6.45) is -4.45. The van der Waals surface area contributed by atoms with Crippen molar-refractivity contribution in [1.29, 1.82) is 0 Å². The third-order valence-corrected chi connectivity index (χ3v) is 6.09. The monoisotopic (exact) mass is 385 g/mol. The van der Waals surface area contributed by atoms with Gasteiger partial charge in [0.15, 0.2) is 0 Å². The maximum atomic E-state index is 12.8. The average molecular weight is 386 g/mol. The maximum absolute atomic E-state index is 12.8. The molecule has 1 aromatic rings. The first-order chi connectivity index (χ1) is 9.38. The molecule has 1 N–H and O–H groups in total. The Labute approximate surface area is 131 Å². The standard InChI is InChI=1S/C12H11BrF3NOS2/c13-9-2-1-7(5-8(9)12(14,15)16)17-11(18)10-6-19-3-4-20-10/h1-2,5,10H,3-4,6H2,(H,17,18). The van der Waals surface area contributed by atoms with Crippen LogP contribution in [-0.4, -0.2) is 28.4 Å². The Morgan fingerprint density at radius 3 is 2.70 bits per heavy atom.